The molecule has 1 aromatic carbocycles. The molecule has 0 saturated carbocycles. The maximum atomic E-state index is 13.0. The Morgan fingerprint density at radius 3 is 2.64 bits per heavy atom. The summed E-state index contributed by atoms with van der Waals surface area (Å²) in [6, 6.07) is 5.88. The third-order valence-electron chi connectivity index (χ3n) is 3.41. The molecule has 2 heterocycles. The Kier molecular flexibility index (Phi) is 3.25. The molecule has 0 saturated heterocycles. The molecule has 0 aliphatic heterocycles. The summed E-state index contributed by atoms with van der Waals surface area (Å²) in [5.41, 5.74) is 1.76. The molecule has 3 aromatic rings. The van der Waals surface area contributed by atoms with E-state index in [9.17, 15) is 14.0 Å². The lowest BCUT2D eigenvalue weighted by atomic mass is 10.1. The fourth-order valence-electron chi connectivity index (χ4n) is 2.41. The lowest BCUT2D eigenvalue weighted by Gasteiger charge is -2.03. The van der Waals surface area contributed by atoms with Gasteiger partial charge in [-0.25, -0.2) is 9.37 Å². The maximum Gasteiger partial charge on any atom is 0.323 e. The van der Waals surface area contributed by atoms with Crippen molar-refractivity contribution in [2.45, 2.75) is 6.54 Å². The first-order valence-corrected chi connectivity index (χ1v) is 6.49. The van der Waals surface area contributed by atoms with Gasteiger partial charge >= 0.3 is 5.97 Å². The van der Waals surface area contributed by atoms with Gasteiger partial charge in [0.15, 0.2) is 0 Å². The summed E-state index contributed by atoms with van der Waals surface area (Å²) in [5, 5.41) is 8.81. The van der Waals surface area contributed by atoms with Crippen molar-refractivity contribution in [2.75, 3.05) is 0 Å². The maximum absolute atomic E-state index is 13.0. The number of carboxylic acids is 1. The SMILES string of the molecule is Cn1cc(-c2ccc(F)cc2)c2ncn(CC(=O)O)c(=O)c21. The Bertz CT molecular complexity index is 926. The number of aromatic nitrogens is 3. The molecule has 0 fully saturated rings. The van der Waals surface area contributed by atoms with Gasteiger partial charge in [-0.2, -0.15) is 0 Å². The minimum atomic E-state index is -1.11. The first kappa shape index (κ1) is 14.0. The van der Waals surface area contributed by atoms with Gasteiger partial charge in [-0.05, 0) is 17.7 Å². The lowest BCUT2D eigenvalue weighted by molar-refractivity contribution is -0.137. The summed E-state index contributed by atoms with van der Waals surface area (Å²) in [6.45, 7) is -0.446. The van der Waals surface area contributed by atoms with Crippen LogP contribution in [0.5, 0.6) is 0 Å². The van der Waals surface area contributed by atoms with Crippen molar-refractivity contribution in [1.29, 1.82) is 0 Å². The van der Waals surface area contributed by atoms with Crippen molar-refractivity contribution in [1.82, 2.24) is 14.1 Å². The third-order valence-corrected chi connectivity index (χ3v) is 3.41. The number of aliphatic carboxylic acids is 1. The summed E-state index contributed by atoms with van der Waals surface area (Å²) < 4.78 is 15.7. The Balaban J connectivity index is 2.23. The highest BCUT2D eigenvalue weighted by atomic mass is 19.1. The van der Waals surface area contributed by atoms with Gasteiger partial charge in [-0.15, -0.1) is 0 Å². The topological polar surface area (TPSA) is 77.1 Å². The predicted molar refractivity (Wildman–Crippen MR) is 78.0 cm³/mol. The van der Waals surface area contributed by atoms with E-state index in [-0.39, 0.29) is 5.82 Å². The number of hydrogen-bond acceptors (Lipinski definition) is 3. The number of carboxylic acid groups (broad SMARTS) is 1. The van der Waals surface area contributed by atoms with Gasteiger partial charge in [-0.3, -0.25) is 14.2 Å². The van der Waals surface area contributed by atoms with Crippen LogP contribution in [0.4, 0.5) is 4.39 Å². The Labute approximate surface area is 124 Å². The van der Waals surface area contributed by atoms with Crippen LogP contribution in [0, 0.1) is 5.82 Å². The van der Waals surface area contributed by atoms with Crippen LogP contribution < -0.4 is 5.56 Å². The van der Waals surface area contributed by atoms with Crippen LogP contribution in [0.15, 0.2) is 41.6 Å². The van der Waals surface area contributed by atoms with Gasteiger partial charge in [0.1, 0.15) is 23.4 Å². The van der Waals surface area contributed by atoms with Crippen molar-refractivity contribution < 1.29 is 14.3 Å². The van der Waals surface area contributed by atoms with Gasteiger partial charge in [-0.1, -0.05) is 12.1 Å². The molecule has 0 bridgehead atoms. The number of rotatable bonds is 3. The second-order valence-electron chi connectivity index (χ2n) is 4.93. The fraction of sp³-hybridized carbons (Fsp3) is 0.133. The fourth-order valence-corrected chi connectivity index (χ4v) is 2.41. The highest BCUT2D eigenvalue weighted by Crippen LogP contribution is 2.27. The Hall–Kier alpha value is -2.96. The smallest absolute Gasteiger partial charge is 0.323 e. The molecule has 0 aliphatic rings. The Morgan fingerprint density at radius 2 is 2.00 bits per heavy atom. The summed E-state index contributed by atoms with van der Waals surface area (Å²) >= 11 is 0. The molecule has 0 spiro atoms. The molecule has 0 unspecified atom stereocenters. The number of nitrogens with zero attached hydrogens (tertiary/aromatic N) is 3. The molecule has 112 valence electrons. The summed E-state index contributed by atoms with van der Waals surface area (Å²) in [6.07, 6.45) is 2.93. The van der Waals surface area contributed by atoms with Crippen LogP contribution in [0.2, 0.25) is 0 Å². The second-order valence-corrected chi connectivity index (χ2v) is 4.93. The normalized spacial score (nSPS) is 11.0. The second kappa shape index (κ2) is 5.10. The number of fused-ring (bicyclic) bond motifs is 1. The zero-order valence-electron chi connectivity index (χ0n) is 11.7. The number of benzene rings is 1. The van der Waals surface area contributed by atoms with Crippen LogP contribution in [0.1, 0.15) is 0 Å². The van der Waals surface area contributed by atoms with E-state index < -0.39 is 18.1 Å². The minimum absolute atomic E-state index is 0.308. The zero-order valence-corrected chi connectivity index (χ0v) is 11.7. The van der Waals surface area contributed by atoms with Crippen LogP contribution >= 0.6 is 0 Å². The standard InChI is InChI=1S/C15H12FN3O3/c1-18-6-11(9-2-4-10(16)5-3-9)13-14(18)15(22)19(8-17-13)7-12(20)21/h2-6,8H,7H2,1H3,(H,20,21). The van der Waals surface area contributed by atoms with Gasteiger partial charge in [0.05, 0.1) is 6.33 Å². The zero-order chi connectivity index (χ0) is 15.9. The first-order valence-electron chi connectivity index (χ1n) is 6.49. The van der Waals surface area contributed by atoms with Crippen molar-refractivity contribution in [2.24, 2.45) is 7.05 Å². The van der Waals surface area contributed by atoms with E-state index in [4.69, 9.17) is 5.11 Å². The summed E-state index contributed by atoms with van der Waals surface area (Å²) in [5.74, 6) is -1.46. The van der Waals surface area contributed by atoms with Gasteiger partial charge in [0.25, 0.3) is 5.56 Å². The van der Waals surface area contributed by atoms with Gasteiger partial charge < -0.3 is 9.67 Å². The lowest BCUT2D eigenvalue weighted by Crippen LogP contribution is -2.25. The molecule has 22 heavy (non-hydrogen) atoms. The number of aryl methyl sites for hydroxylation is 1. The highest BCUT2D eigenvalue weighted by Gasteiger charge is 2.15. The number of carbonyl (C=O) groups is 1. The quantitative estimate of drug-likeness (QED) is 0.797. The van der Waals surface area contributed by atoms with Gasteiger partial charge in [0, 0.05) is 18.8 Å². The monoisotopic (exact) mass is 301 g/mol. The molecule has 7 heteroatoms. The highest BCUT2D eigenvalue weighted by molar-refractivity contribution is 5.92. The van der Waals surface area contributed by atoms with Crippen molar-refractivity contribution in [3.63, 3.8) is 0 Å². The van der Waals surface area contributed by atoms with Crippen LogP contribution in [0.25, 0.3) is 22.2 Å². The molecular formula is C15H12FN3O3. The van der Waals surface area contributed by atoms with E-state index in [2.05, 4.69) is 4.98 Å². The predicted octanol–water partition coefficient (Wildman–Crippen LogP) is 1.63. The largest absolute Gasteiger partial charge is 0.480 e. The average molecular weight is 301 g/mol. The molecule has 0 radical (unpaired) electrons. The molecule has 0 aliphatic carbocycles. The van der Waals surface area contributed by atoms with Crippen molar-refractivity contribution in [3.8, 4) is 11.1 Å². The van der Waals surface area contributed by atoms with Crippen molar-refractivity contribution in [3.05, 3.63) is 53.0 Å². The van der Waals surface area contributed by atoms with Crippen LogP contribution in [-0.4, -0.2) is 25.2 Å². The van der Waals surface area contributed by atoms with Crippen LogP contribution in [0.3, 0.4) is 0 Å². The number of hydrogen-bond donors (Lipinski definition) is 1. The minimum Gasteiger partial charge on any atom is -0.480 e. The van der Waals surface area contributed by atoms with E-state index >= 15 is 0 Å². The van der Waals surface area contributed by atoms with E-state index in [0.29, 0.717) is 16.6 Å². The summed E-state index contributed by atoms with van der Waals surface area (Å²) in [7, 11) is 1.68. The molecule has 1 N–H and O–H groups in total. The van der Waals surface area contributed by atoms with Crippen molar-refractivity contribution >= 4 is 17.0 Å². The molecule has 2 aromatic heterocycles. The first-order chi connectivity index (χ1) is 10.5. The molecule has 0 amide bonds. The molecule has 6 nitrogen and oxygen atoms in total. The number of halogens is 1. The Morgan fingerprint density at radius 1 is 1.32 bits per heavy atom. The molecule has 3 rings (SSSR count). The molecular weight excluding hydrogens is 289 g/mol. The van der Waals surface area contributed by atoms with E-state index in [0.717, 1.165) is 10.1 Å². The van der Waals surface area contributed by atoms with E-state index in [1.807, 2.05) is 0 Å². The van der Waals surface area contributed by atoms with Gasteiger partial charge in [0.2, 0.25) is 0 Å². The third kappa shape index (κ3) is 2.26. The average Bonchev–Trinajstić information content (AvgIpc) is 2.80. The van der Waals surface area contributed by atoms with E-state index in [1.165, 1.54) is 18.5 Å². The summed E-state index contributed by atoms with van der Waals surface area (Å²) in [4.78, 5) is 27.3. The van der Waals surface area contributed by atoms with E-state index in [1.54, 1.807) is 29.9 Å². The molecule has 0 atom stereocenters. The van der Waals surface area contributed by atoms with Crippen LogP contribution in [-0.2, 0) is 18.4 Å².